The van der Waals surface area contributed by atoms with Gasteiger partial charge in [0.05, 0.1) is 0 Å². The van der Waals surface area contributed by atoms with Crippen LogP contribution in [0, 0.1) is 18.8 Å². The summed E-state index contributed by atoms with van der Waals surface area (Å²) in [6.45, 7) is 7.54. The van der Waals surface area contributed by atoms with Crippen molar-refractivity contribution in [3.63, 3.8) is 0 Å². The number of amides is 2. The lowest BCUT2D eigenvalue weighted by atomic mass is 9.93. The van der Waals surface area contributed by atoms with E-state index in [1.54, 1.807) is 0 Å². The predicted octanol–water partition coefficient (Wildman–Crippen LogP) is 3.61. The molecule has 1 saturated heterocycles. The first-order valence-electron chi connectivity index (χ1n) is 8.71. The normalized spacial score (nSPS) is 15.7. The minimum absolute atomic E-state index is 0.00190. The van der Waals surface area contributed by atoms with Crippen LogP contribution in [0.25, 0.3) is 0 Å². The minimum Gasteiger partial charge on any atom is -0.342 e. The van der Waals surface area contributed by atoms with Crippen LogP contribution in [0.3, 0.4) is 0 Å². The van der Waals surface area contributed by atoms with Gasteiger partial charge in [0.1, 0.15) is 0 Å². The molecular formula is C19H28N2O2. The van der Waals surface area contributed by atoms with E-state index in [0.717, 1.165) is 31.4 Å². The number of piperidine rings is 1. The molecule has 126 valence electrons. The lowest BCUT2D eigenvalue weighted by Crippen LogP contribution is -2.43. The predicted molar refractivity (Wildman–Crippen MR) is 93.2 cm³/mol. The zero-order chi connectivity index (χ0) is 16.8. The van der Waals surface area contributed by atoms with Gasteiger partial charge >= 0.3 is 0 Å². The Labute approximate surface area is 139 Å². The van der Waals surface area contributed by atoms with E-state index in [4.69, 9.17) is 0 Å². The summed E-state index contributed by atoms with van der Waals surface area (Å²) >= 11 is 0. The molecule has 1 aromatic rings. The molecule has 0 bridgehead atoms. The average molecular weight is 316 g/mol. The van der Waals surface area contributed by atoms with Crippen molar-refractivity contribution in [3.05, 3.63) is 29.8 Å². The Hall–Kier alpha value is -1.84. The first-order valence-corrected chi connectivity index (χ1v) is 8.71. The second-order valence-corrected chi connectivity index (χ2v) is 6.47. The fraction of sp³-hybridized carbons (Fsp3) is 0.579. The third kappa shape index (κ3) is 4.57. The zero-order valence-corrected chi connectivity index (χ0v) is 14.5. The monoisotopic (exact) mass is 316 g/mol. The SMILES string of the molecule is CCC(CC)C(=O)N1CCC(C(=O)Nc2ccc(C)cc2)CC1. The molecule has 1 heterocycles. The summed E-state index contributed by atoms with van der Waals surface area (Å²) in [5, 5.41) is 2.99. The second kappa shape index (κ2) is 8.14. The molecule has 2 amide bonds. The topological polar surface area (TPSA) is 49.4 Å². The van der Waals surface area contributed by atoms with E-state index in [1.807, 2.05) is 36.1 Å². The third-order valence-electron chi connectivity index (χ3n) is 4.83. The van der Waals surface area contributed by atoms with Crippen molar-refractivity contribution in [1.29, 1.82) is 0 Å². The minimum atomic E-state index is 0.00190. The van der Waals surface area contributed by atoms with Gasteiger partial charge in [-0.05, 0) is 44.7 Å². The molecule has 1 aromatic carbocycles. The molecule has 1 aliphatic rings. The number of carbonyl (C=O) groups is 2. The van der Waals surface area contributed by atoms with Gasteiger partial charge in [0.25, 0.3) is 0 Å². The van der Waals surface area contributed by atoms with Gasteiger partial charge in [-0.3, -0.25) is 9.59 Å². The molecule has 2 rings (SSSR count). The summed E-state index contributed by atoms with van der Waals surface area (Å²) in [5.41, 5.74) is 2.02. The third-order valence-corrected chi connectivity index (χ3v) is 4.83. The molecule has 4 nitrogen and oxygen atoms in total. The van der Waals surface area contributed by atoms with Crippen molar-refractivity contribution in [2.75, 3.05) is 18.4 Å². The van der Waals surface area contributed by atoms with E-state index in [9.17, 15) is 9.59 Å². The van der Waals surface area contributed by atoms with E-state index in [0.29, 0.717) is 13.1 Å². The number of hydrogen-bond acceptors (Lipinski definition) is 2. The molecule has 0 spiro atoms. The largest absolute Gasteiger partial charge is 0.342 e. The van der Waals surface area contributed by atoms with E-state index in [-0.39, 0.29) is 23.7 Å². The lowest BCUT2D eigenvalue weighted by Gasteiger charge is -2.33. The van der Waals surface area contributed by atoms with Crippen LogP contribution in [0.1, 0.15) is 45.1 Å². The second-order valence-electron chi connectivity index (χ2n) is 6.47. The van der Waals surface area contributed by atoms with Gasteiger partial charge in [0.15, 0.2) is 0 Å². The number of carbonyl (C=O) groups excluding carboxylic acids is 2. The van der Waals surface area contributed by atoms with Crippen molar-refractivity contribution in [1.82, 2.24) is 4.90 Å². The number of hydrogen-bond donors (Lipinski definition) is 1. The Balaban J connectivity index is 1.85. The molecule has 0 radical (unpaired) electrons. The summed E-state index contributed by atoms with van der Waals surface area (Å²) in [5.74, 6) is 0.464. The van der Waals surface area contributed by atoms with Crippen LogP contribution in [0.5, 0.6) is 0 Å². The van der Waals surface area contributed by atoms with Crippen LogP contribution in [0.2, 0.25) is 0 Å². The fourth-order valence-corrected chi connectivity index (χ4v) is 3.14. The van der Waals surface area contributed by atoms with E-state index in [2.05, 4.69) is 19.2 Å². The average Bonchev–Trinajstić information content (AvgIpc) is 2.58. The molecule has 0 aliphatic carbocycles. The highest BCUT2D eigenvalue weighted by Gasteiger charge is 2.29. The Morgan fingerprint density at radius 2 is 1.70 bits per heavy atom. The summed E-state index contributed by atoms with van der Waals surface area (Å²) in [4.78, 5) is 26.7. The van der Waals surface area contributed by atoms with Gasteiger partial charge in [0, 0.05) is 30.6 Å². The lowest BCUT2D eigenvalue weighted by molar-refractivity contribution is -0.138. The molecule has 0 atom stereocenters. The number of nitrogens with zero attached hydrogens (tertiary/aromatic N) is 1. The number of aryl methyl sites for hydroxylation is 1. The van der Waals surface area contributed by atoms with Crippen LogP contribution in [-0.2, 0) is 9.59 Å². The highest BCUT2D eigenvalue weighted by Crippen LogP contribution is 2.22. The van der Waals surface area contributed by atoms with E-state index in [1.165, 1.54) is 5.56 Å². The standard InChI is InChI=1S/C19H28N2O2/c1-4-15(5-2)19(23)21-12-10-16(11-13-21)18(22)20-17-8-6-14(3)7-9-17/h6-9,15-16H,4-5,10-13H2,1-3H3,(H,20,22). The van der Waals surface area contributed by atoms with Gasteiger partial charge in [-0.1, -0.05) is 31.5 Å². The molecular weight excluding hydrogens is 288 g/mol. The quantitative estimate of drug-likeness (QED) is 0.902. The van der Waals surface area contributed by atoms with E-state index >= 15 is 0 Å². The highest BCUT2D eigenvalue weighted by molar-refractivity contribution is 5.92. The first kappa shape index (κ1) is 17.5. The number of rotatable bonds is 5. The Bertz CT molecular complexity index is 527. The van der Waals surface area contributed by atoms with E-state index < -0.39 is 0 Å². The molecule has 1 fully saturated rings. The van der Waals surface area contributed by atoms with Crippen molar-refractivity contribution < 1.29 is 9.59 Å². The van der Waals surface area contributed by atoms with Crippen molar-refractivity contribution in [2.45, 2.75) is 46.5 Å². The molecule has 23 heavy (non-hydrogen) atoms. The summed E-state index contributed by atoms with van der Waals surface area (Å²) in [6, 6.07) is 7.84. The van der Waals surface area contributed by atoms with Crippen LogP contribution < -0.4 is 5.32 Å². The van der Waals surface area contributed by atoms with Crippen LogP contribution in [-0.4, -0.2) is 29.8 Å². The maximum Gasteiger partial charge on any atom is 0.227 e. The Kier molecular flexibility index (Phi) is 6.20. The summed E-state index contributed by atoms with van der Waals surface area (Å²) < 4.78 is 0. The first-order chi connectivity index (χ1) is 11.0. The molecule has 1 N–H and O–H groups in total. The smallest absolute Gasteiger partial charge is 0.227 e. The van der Waals surface area contributed by atoms with Gasteiger partial charge < -0.3 is 10.2 Å². The van der Waals surface area contributed by atoms with Crippen LogP contribution in [0.15, 0.2) is 24.3 Å². The maximum absolute atomic E-state index is 12.4. The molecule has 4 heteroatoms. The summed E-state index contributed by atoms with van der Waals surface area (Å²) in [6.07, 6.45) is 3.29. The van der Waals surface area contributed by atoms with Crippen LogP contribution >= 0.6 is 0 Å². The van der Waals surface area contributed by atoms with Gasteiger partial charge in [-0.2, -0.15) is 0 Å². The zero-order valence-electron chi connectivity index (χ0n) is 14.5. The number of nitrogens with one attached hydrogen (secondary N) is 1. The van der Waals surface area contributed by atoms with Crippen molar-refractivity contribution in [2.24, 2.45) is 11.8 Å². The molecule has 1 aliphatic heterocycles. The van der Waals surface area contributed by atoms with Gasteiger partial charge in [-0.25, -0.2) is 0 Å². The van der Waals surface area contributed by atoms with Gasteiger partial charge in [-0.15, -0.1) is 0 Å². The fourth-order valence-electron chi connectivity index (χ4n) is 3.14. The number of benzene rings is 1. The Morgan fingerprint density at radius 1 is 1.13 bits per heavy atom. The highest BCUT2D eigenvalue weighted by atomic mass is 16.2. The number of anilines is 1. The van der Waals surface area contributed by atoms with Crippen molar-refractivity contribution >= 4 is 17.5 Å². The molecule has 0 saturated carbocycles. The maximum atomic E-state index is 12.4. The Morgan fingerprint density at radius 3 is 2.22 bits per heavy atom. The molecule has 0 unspecified atom stereocenters. The van der Waals surface area contributed by atoms with Crippen molar-refractivity contribution in [3.8, 4) is 0 Å². The van der Waals surface area contributed by atoms with Gasteiger partial charge in [0.2, 0.25) is 11.8 Å². The summed E-state index contributed by atoms with van der Waals surface area (Å²) in [7, 11) is 0. The molecule has 0 aromatic heterocycles. The number of likely N-dealkylation sites (tertiary alicyclic amines) is 1. The van der Waals surface area contributed by atoms with Crippen LogP contribution in [0.4, 0.5) is 5.69 Å².